The SMILES string of the molecule is COc1ccc(OCC(=O)NCCN2CCN(S(=O)(=O)c3ccccc3)CC2)cc1. The number of methoxy groups -OCH3 is 1. The van der Waals surface area contributed by atoms with Crippen LogP contribution >= 0.6 is 0 Å². The summed E-state index contributed by atoms with van der Waals surface area (Å²) in [6, 6.07) is 15.5. The zero-order valence-electron chi connectivity index (χ0n) is 17.0. The first-order valence-electron chi connectivity index (χ1n) is 9.80. The Morgan fingerprint density at radius 3 is 2.23 bits per heavy atom. The van der Waals surface area contributed by atoms with Crippen LogP contribution in [0.15, 0.2) is 59.5 Å². The van der Waals surface area contributed by atoms with Gasteiger partial charge in [-0.1, -0.05) is 18.2 Å². The minimum absolute atomic E-state index is 0.0601. The van der Waals surface area contributed by atoms with E-state index >= 15 is 0 Å². The highest BCUT2D eigenvalue weighted by Gasteiger charge is 2.28. The van der Waals surface area contributed by atoms with Crippen molar-refractivity contribution in [3.8, 4) is 11.5 Å². The molecule has 1 amide bonds. The Kier molecular flexibility index (Phi) is 7.67. The summed E-state index contributed by atoms with van der Waals surface area (Å²) in [5.41, 5.74) is 0. The zero-order valence-corrected chi connectivity index (χ0v) is 17.8. The molecule has 0 saturated carbocycles. The highest BCUT2D eigenvalue weighted by atomic mass is 32.2. The Balaban J connectivity index is 1.35. The van der Waals surface area contributed by atoms with Gasteiger partial charge in [0.05, 0.1) is 12.0 Å². The summed E-state index contributed by atoms with van der Waals surface area (Å²) >= 11 is 0. The second kappa shape index (κ2) is 10.4. The van der Waals surface area contributed by atoms with Gasteiger partial charge in [-0.25, -0.2) is 8.42 Å². The van der Waals surface area contributed by atoms with E-state index in [1.165, 1.54) is 4.31 Å². The summed E-state index contributed by atoms with van der Waals surface area (Å²) in [7, 11) is -1.86. The Morgan fingerprint density at radius 1 is 0.967 bits per heavy atom. The summed E-state index contributed by atoms with van der Waals surface area (Å²) in [5, 5.41) is 2.83. The van der Waals surface area contributed by atoms with Gasteiger partial charge >= 0.3 is 0 Å². The first kappa shape index (κ1) is 22.1. The third kappa shape index (κ3) is 5.94. The number of piperazine rings is 1. The smallest absolute Gasteiger partial charge is 0.257 e. The summed E-state index contributed by atoms with van der Waals surface area (Å²) in [6.07, 6.45) is 0. The van der Waals surface area contributed by atoms with Gasteiger partial charge in [-0.2, -0.15) is 4.31 Å². The number of hydrogen-bond acceptors (Lipinski definition) is 6. The first-order valence-corrected chi connectivity index (χ1v) is 11.2. The minimum atomic E-state index is -3.45. The number of amides is 1. The summed E-state index contributed by atoms with van der Waals surface area (Å²) in [5.74, 6) is 1.13. The summed E-state index contributed by atoms with van der Waals surface area (Å²) in [4.78, 5) is 14.4. The van der Waals surface area contributed by atoms with Crippen molar-refractivity contribution in [1.82, 2.24) is 14.5 Å². The molecule has 0 radical (unpaired) electrons. The average molecular weight is 434 g/mol. The second-order valence-corrected chi connectivity index (χ2v) is 8.81. The van der Waals surface area contributed by atoms with E-state index < -0.39 is 10.0 Å². The predicted molar refractivity (Wildman–Crippen MR) is 113 cm³/mol. The molecule has 1 aliphatic heterocycles. The molecule has 1 N–H and O–H groups in total. The summed E-state index contributed by atoms with van der Waals surface area (Å²) in [6.45, 7) is 3.21. The number of nitrogens with zero attached hydrogens (tertiary/aromatic N) is 2. The molecule has 1 heterocycles. The van der Waals surface area contributed by atoms with Crippen molar-refractivity contribution < 1.29 is 22.7 Å². The van der Waals surface area contributed by atoms with Crippen LogP contribution in [0.1, 0.15) is 0 Å². The number of ether oxygens (including phenoxy) is 2. The molecular weight excluding hydrogens is 406 g/mol. The van der Waals surface area contributed by atoms with Crippen molar-refractivity contribution in [2.45, 2.75) is 4.90 Å². The predicted octanol–water partition coefficient (Wildman–Crippen LogP) is 1.20. The van der Waals surface area contributed by atoms with Crippen LogP contribution in [0.5, 0.6) is 11.5 Å². The lowest BCUT2D eigenvalue weighted by atomic mass is 10.3. The maximum Gasteiger partial charge on any atom is 0.257 e. The molecule has 3 rings (SSSR count). The van der Waals surface area contributed by atoms with E-state index in [1.807, 2.05) is 0 Å². The highest BCUT2D eigenvalue weighted by Crippen LogP contribution is 2.17. The molecule has 9 heteroatoms. The van der Waals surface area contributed by atoms with Crippen molar-refractivity contribution in [3.05, 3.63) is 54.6 Å². The normalized spacial score (nSPS) is 15.5. The largest absolute Gasteiger partial charge is 0.497 e. The number of rotatable bonds is 9. The van der Waals surface area contributed by atoms with Crippen LogP contribution in [0.2, 0.25) is 0 Å². The Hall–Kier alpha value is -2.62. The lowest BCUT2D eigenvalue weighted by Gasteiger charge is -2.33. The zero-order chi connectivity index (χ0) is 21.4. The fourth-order valence-electron chi connectivity index (χ4n) is 3.16. The van der Waals surface area contributed by atoms with E-state index in [4.69, 9.17) is 9.47 Å². The average Bonchev–Trinajstić information content (AvgIpc) is 2.79. The van der Waals surface area contributed by atoms with Crippen LogP contribution in [-0.2, 0) is 14.8 Å². The number of benzene rings is 2. The van der Waals surface area contributed by atoms with E-state index in [0.29, 0.717) is 49.9 Å². The molecule has 0 spiro atoms. The van der Waals surface area contributed by atoms with Gasteiger partial charge < -0.3 is 14.8 Å². The quantitative estimate of drug-likeness (QED) is 0.639. The van der Waals surface area contributed by atoms with Crippen molar-refractivity contribution in [3.63, 3.8) is 0 Å². The van der Waals surface area contributed by atoms with E-state index in [2.05, 4.69) is 10.2 Å². The molecule has 0 aromatic heterocycles. The van der Waals surface area contributed by atoms with Crippen molar-refractivity contribution in [2.24, 2.45) is 0 Å². The maximum absolute atomic E-state index is 12.7. The summed E-state index contributed by atoms with van der Waals surface area (Å²) < 4.78 is 37.3. The van der Waals surface area contributed by atoms with Gasteiger partial charge in [0, 0.05) is 39.3 Å². The van der Waals surface area contributed by atoms with Crippen LogP contribution in [0.25, 0.3) is 0 Å². The number of nitrogens with one attached hydrogen (secondary N) is 1. The Morgan fingerprint density at radius 2 is 1.60 bits per heavy atom. The number of carbonyl (C=O) groups excluding carboxylic acids is 1. The molecular formula is C21H27N3O5S. The fraction of sp³-hybridized carbons (Fsp3) is 0.381. The van der Waals surface area contributed by atoms with Crippen LogP contribution in [-0.4, -0.2) is 76.5 Å². The van der Waals surface area contributed by atoms with Crippen molar-refractivity contribution in [1.29, 1.82) is 0 Å². The van der Waals surface area contributed by atoms with Gasteiger partial charge in [-0.15, -0.1) is 0 Å². The molecule has 8 nitrogen and oxygen atoms in total. The van der Waals surface area contributed by atoms with E-state index in [1.54, 1.807) is 61.7 Å². The van der Waals surface area contributed by atoms with E-state index in [-0.39, 0.29) is 12.5 Å². The highest BCUT2D eigenvalue weighted by molar-refractivity contribution is 7.89. The molecule has 2 aromatic carbocycles. The minimum Gasteiger partial charge on any atom is -0.497 e. The Labute approximate surface area is 177 Å². The molecule has 0 bridgehead atoms. The molecule has 0 unspecified atom stereocenters. The van der Waals surface area contributed by atoms with Crippen LogP contribution in [0.4, 0.5) is 0 Å². The van der Waals surface area contributed by atoms with E-state index in [9.17, 15) is 13.2 Å². The third-order valence-corrected chi connectivity index (χ3v) is 6.80. The number of sulfonamides is 1. The lowest BCUT2D eigenvalue weighted by Crippen LogP contribution is -2.50. The molecule has 2 aromatic rings. The molecule has 30 heavy (non-hydrogen) atoms. The van der Waals surface area contributed by atoms with Gasteiger partial charge in [0.15, 0.2) is 6.61 Å². The van der Waals surface area contributed by atoms with Crippen LogP contribution in [0, 0.1) is 0 Å². The van der Waals surface area contributed by atoms with Gasteiger partial charge in [-0.3, -0.25) is 9.69 Å². The lowest BCUT2D eigenvalue weighted by molar-refractivity contribution is -0.123. The van der Waals surface area contributed by atoms with Crippen molar-refractivity contribution >= 4 is 15.9 Å². The Bertz CT molecular complexity index is 911. The van der Waals surface area contributed by atoms with Gasteiger partial charge in [0.2, 0.25) is 10.0 Å². The van der Waals surface area contributed by atoms with Crippen molar-refractivity contribution in [2.75, 3.05) is 53.0 Å². The standard InChI is InChI=1S/C21H27N3O5S/c1-28-18-7-9-19(10-8-18)29-17-21(25)22-11-12-23-13-15-24(16-14-23)30(26,27)20-5-3-2-4-6-20/h2-10H,11-17H2,1H3,(H,22,25). The molecule has 1 aliphatic rings. The number of carbonyl (C=O) groups is 1. The van der Waals surface area contributed by atoms with Crippen LogP contribution in [0.3, 0.4) is 0 Å². The number of hydrogen-bond donors (Lipinski definition) is 1. The van der Waals surface area contributed by atoms with Gasteiger partial charge in [0.25, 0.3) is 5.91 Å². The topological polar surface area (TPSA) is 88.2 Å². The van der Waals surface area contributed by atoms with E-state index in [0.717, 1.165) is 5.75 Å². The third-order valence-electron chi connectivity index (χ3n) is 4.89. The molecule has 162 valence electrons. The molecule has 1 saturated heterocycles. The molecule has 0 aliphatic carbocycles. The first-order chi connectivity index (χ1) is 14.5. The van der Waals surface area contributed by atoms with Gasteiger partial charge in [-0.05, 0) is 36.4 Å². The molecule has 1 fully saturated rings. The van der Waals surface area contributed by atoms with Gasteiger partial charge in [0.1, 0.15) is 11.5 Å². The second-order valence-electron chi connectivity index (χ2n) is 6.87. The van der Waals surface area contributed by atoms with Crippen LogP contribution < -0.4 is 14.8 Å². The fourth-order valence-corrected chi connectivity index (χ4v) is 4.60. The monoisotopic (exact) mass is 433 g/mol. The molecule has 0 atom stereocenters. The maximum atomic E-state index is 12.7.